The number of rotatable bonds is 2. The molecule has 2 aliphatic heterocycles. The molecule has 4 heterocycles. The number of pyridine rings is 1. The maximum absolute atomic E-state index is 12.9. The Morgan fingerprint density at radius 3 is 2.49 bits per heavy atom. The van der Waals surface area contributed by atoms with Crippen LogP contribution < -0.4 is 0 Å². The Balaban J connectivity index is 0.000000364. The van der Waals surface area contributed by atoms with Crippen molar-refractivity contribution in [2.75, 3.05) is 19.7 Å². The first-order chi connectivity index (χ1) is 16.7. The number of carboxylic acid groups (broad SMARTS) is 1. The Bertz CT molecular complexity index is 1210. The highest BCUT2D eigenvalue weighted by Crippen LogP contribution is 2.40. The van der Waals surface area contributed by atoms with Crippen LogP contribution in [-0.4, -0.2) is 62.7 Å². The van der Waals surface area contributed by atoms with Crippen molar-refractivity contribution in [3.8, 4) is 11.4 Å². The third-order valence-corrected chi connectivity index (χ3v) is 5.83. The number of nitrogens with zero attached hydrogens (tertiary/aromatic N) is 4. The van der Waals surface area contributed by atoms with Gasteiger partial charge in [-0.25, -0.2) is 14.8 Å². The number of hydrogen-bond acceptors (Lipinski definition) is 6. The van der Waals surface area contributed by atoms with Crippen molar-refractivity contribution in [2.24, 2.45) is 0 Å². The summed E-state index contributed by atoms with van der Waals surface area (Å²) in [5.41, 5.74) is 3.37. The van der Waals surface area contributed by atoms with Crippen molar-refractivity contribution >= 4 is 11.9 Å². The zero-order valence-corrected chi connectivity index (χ0v) is 18.4. The van der Waals surface area contributed by atoms with E-state index in [9.17, 15) is 18.0 Å². The molecule has 35 heavy (non-hydrogen) atoms. The zero-order chi connectivity index (χ0) is 25.1. The molecule has 0 radical (unpaired) electrons. The molecule has 0 saturated carbocycles. The minimum absolute atomic E-state index is 0.00874. The number of aromatic nitrogens is 3. The molecular formula is C24H21F3N4O4. The number of halogens is 3. The molecule has 0 bridgehead atoms. The van der Waals surface area contributed by atoms with Crippen LogP contribution in [0, 0.1) is 0 Å². The van der Waals surface area contributed by atoms with Crippen LogP contribution in [0.3, 0.4) is 0 Å². The third kappa shape index (κ3) is 5.29. The fourth-order valence-electron chi connectivity index (χ4n) is 4.15. The Morgan fingerprint density at radius 1 is 1.09 bits per heavy atom. The first-order valence-electron chi connectivity index (χ1n) is 10.7. The Hall–Kier alpha value is -3.86. The quantitative estimate of drug-likeness (QED) is 0.591. The van der Waals surface area contributed by atoms with E-state index in [4.69, 9.17) is 19.6 Å². The highest BCUT2D eigenvalue weighted by atomic mass is 19.4. The highest BCUT2D eigenvalue weighted by molar-refractivity contribution is 5.94. The summed E-state index contributed by atoms with van der Waals surface area (Å²) < 4.78 is 37.6. The topological polar surface area (TPSA) is 106 Å². The van der Waals surface area contributed by atoms with Gasteiger partial charge in [0.2, 0.25) is 0 Å². The van der Waals surface area contributed by atoms with Gasteiger partial charge in [0.25, 0.3) is 5.91 Å². The van der Waals surface area contributed by atoms with Crippen LogP contribution in [0.5, 0.6) is 0 Å². The van der Waals surface area contributed by atoms with Gasteiger partial charge < -0.3 is 14.7 Å². The predicted molar refractivity (Wildman–Crippen MR) is 117 cm³/mol. The third-order valence-electron chi connectivity index (χ3n) is 5.83. The largest absolute Gasteiger partial charge is 0.490 e. The second kappa shape index (κ2) is 9.79. The molecule has 8 nitrogen and oxygen atoms in total. The molecule has 1 N–H and O–H groups in total. The molecule has 1 spiro atoms. The van der Waals surface area contributed by atoms with Crippen molar-refractivity contribution < 1.29 is 32.6 Å². The van der Waals surface area contributed by atoms with E-state index in [1.54, 1.807) is 24.5 Å². The van der Waals surface area contributed by atoms with Crippen LogP contribution in [0.1, 0.15) is 28.0 Å². The van der Waals surface area contributed by atoms with Crippen molar-refractivity contribution in [1.82, 2.24) is 19.9 Å². The van der Waals surface area contributed by atoms with E-state index >= 15 is 0 Å². The maximum atomic E-state index is 12.9. The van der Waals surface area contributed by atoms with Gasteiger partial charge in [0, 0.05) is 42.8 Å². The maximum Gasteiger partial charge on any atom is 0.490 e. The second-order valence-electron chi connectivity index (χ2n) is 8.23. The molecule has 5 rings (SSSR count). The first kappa shape index (κ1) is 24.3. The van der Waals surface area contributed by atoms with Gasteiger partial charge in [0.1, 0.15) is 0 Å². The summed E-state index contributed by atoms with van der Waals surface area (Å²) in [4.78, 5) is 37.2. The number of likely N-dealkylation sites (tertiary alicyclic amines) is 1. The summed E-state index contributed by atoms with van der Waals surface area (Å²) in [6.07, 6.45) is 0.915. The Labute approximate surface area is 198 Å². The van der Waals surface area contributed by atoms with E-state index in [1.807, 2.05) is 41.4 Å². The lowest BCUT2D eigenvalue weighted by atomic mass is 9.80. The lowest BCUT2D eigenvalue weighted by molar-refractivity contribution is -0.192. The van der Waals surface area contributed by atoms with Crippen LogP contribution in [0.2, 0.25) is 0 Å². The average Bonchev–Trinajstić information content (AvgIpc) is 3.29. The van der Waals surface area contributed by atoms with Gasteiger partial charge in [0.05, 0.1) is 29.9 Å². The highest BCUT2D eigenvalue weighted by Gasteiger charge is 2.46. The number of aliphatic carboxylic acids is 1. The minimum Gasteiger partial charge on any atom is -0.475 e. The van der Waals surface area contributed by atoms with E-state index in [2.05, 4.69) is 9.97 Å². The van der Waals surface area contributed by atoms with Gasteiger partial charge in [-0.1, -0.05) is 30.3 Å². The number of ether oxygens (including phenoxy) is 1. The van der Waals surface area contributed by atoms with Crippen LogP contribution in [0.15, 0.2) is 61.1 Å². The molecule has 1 unspecified atom stereocenters. The van der Waals surface area contributed by atoms with E-state index in [-0.39, 0.29) is 11.3 Å². The number of carboxylic acids is 1. The molecule has 0 aliphatic carbocycles. The normalized spacial score (nSPS) is 19.0. The molecule has 1 atom stereocenters. The summed E-state index contributed by atoms with van der Waals surface area (Å²) in [7, 11) is 0. The number of hydrogen-bond donors (Lipinski definition) is 1. The van der Waals surface area contributed by atoms with Gasteiger partial charge in [-0.05, 0) is 18.6 Å². The SMILES string of the molecule is O=C(O)C(F)(F)F.O=C(c1cccnc1)N1CCC2(COCc3cnc(-c4ccccc4)nc32)C1. The summed E-state index contributed by atoms with van der Waals surface area (Å²) in [6.45, 7) is 2.37. The van der Waals surface area contributed by atoms with Crippen LogP contribution in [-0.2, 0) is 21.6 Å². The number of carbonyl (C=O) groups excluding carboxylic acids is 1. The zero-order valence-electron chi connectivity index (χ0n) is 18.4. The molecule has 1 amide bonds. The van der Waals surface area contributed by atoms with Crippen molar-refractivity contribution in [3.63, 3.8) is 0 Å². The molecule has 182 valence electrons. The molecule has 1 fully saturated rings. The average molecular weight is 486 g/mol. The minimum atomic E-state index is -5.08. The molecule has 1 aromatic carbocycles. The standard InChI is InChI=1S/C22H20N4O2.C2HF3O2/c27-21(17-7-4-9-23-11-17)26-10-8-22(14-26)15-28-13-18-12-24-20(25-19(18)22)16-5-2-1-3-6-16;3-2(4,5)1(6)7/h1-7,9,11-12H,8,10,13-15H2;(H,6,7). The molecular weight excluding hydrogens is 465 g/mol. The number of amides is 1. The Kier molecular flexibility index (Phi) is 6.79. The van der Waals surface area contributed by atoms with Gasteiger partial charge in [-0.15, -0.1) is 0 Å². The molecule has 2 aromatic heterocycles. The van der Waals surface area contributed by atoms with E-state index in [1.165, 1.54) is 0 Å². The molecule has 2 aliphatic rings. The van der Waals surface area contributed by atoms with E-state index in [0.717, 1.165) is 29.1 Å². The van der Waals surface area contributed by atoms with Crippen LogP contribution in [0.4, 0.5) is 13.2 Å². The fourth-order valence-corrected chi connectivity index (χ4v) is 4.15. The van der Waals surface area contributed by atoms with Crippen molar-refractivity contribution in [2.45, 2.75) is 24.6 Å². The van der Waals surface area contributed by atoms with Gasteiger partial charge in [-0.2, -0.15) is 13.2 Å². The van der Waals surface area contributed by atoms with Crippen molar-refractivity contribution in [3.05, 3.63) is 77.9 Å². The summed E-state index contributed by atoms with van der Waals surface area (Å²) in [5.74, 6) is -2.03. The lowest BCUT2D eigenvalue weighted by Gasteiger charge is -2.34. The second-order valence-corrected chi connectivity index (χ2v) is 8.23. The summed E-state index contributed by atoms with van der Waals surface area (Å²) in [6, 6.07) is 13.6. The van der Waals surface area contributed by atoms with E-state index in [0.29, 0.717) is 31.9 Å². The lowest BCUT2D eigenvalue weighted by Crippen LogP contribution is -2.41. The van der Waals surface area contributed by atoms with Gasteiger partial charge >= 0.3 is 12.1 Å². The number of carbonyl (C=O) groups is 2. The van der Waals surface area contributed by atoms with Gasteiger partial charge in [0.15, 0.2) is 5.82 Å². The van der Waals surface area contributed by atoms with Crippen molar-refractivity contribution in [1.29, 1.82) is 0 Å². The summed E-state index contributed by atoms with van der Waals surface area (Å²) in [5, 5.41) is 7.12. The predicted octanol–water partition coefficient (Wildman–Crippen LogP) is 3.49. The number of alkyl halides is 3. The molecule has 1 saturated heterocycles. The van der Waals surface area contributed by atoms with E-state index < -0.39 is 12.1 Å². The van der Waals surface area contributed by atoms with Crippen LogP contribution in [0.25, 0.3) is 11.4 Å². The first-order valence-corrected chi connectivity index (χ1v) is 10.7. The Morgan fingerprint density at radius 2 is 1.83 bits per heavy atom. The van der Waals surface area contributed by atoms with Crippen LogP contribution >= 0.6 is 0 Å². The number of fused-ring (bicyclic) bond motifs is 2. The molecule has 11 heteroatoms. The fraction of sp³-hybridized carbons (Fsp3) is 0.292. The molecule has 3 aromatic rings. The number of benzene rings is 1. The monoisotopic (exact) mass is 486 g/mol. The smallest absolute Gasteiger partial charge is 0.475 e. The summed E-state index contributed by atoms with van der Waals surface area (Å²) >= 11 is 0. The van der Waals surface area contributed by atoms with Gasteiger partial charge in [-0.3, -0.25) is 9.78 Å².